The lowest BCUT2D eigenvalue weighted by molar-refractivity contribution is 0.0443. The number of furan rings is 1. The van der Waals surface area contributed by atoms with Crippen LogP contribution in [0.25, 0.3) is 10.2 Å². The minimum Gasteiger partial charge on any atom is -0.463 e. The van der Waals surface area contributed by atoms with Gasteiger partial charge in [-0.05, 0) is 31.5 Å². The quantitative estimate of drug-likeness (QED) is 0.709. The number of nitrogens with zero attached hydrogens (tertiary/aromatic N) is 1. The lowest BCUT2D eigenvalue weighted by Gasteiger charge is -2.01. The van der Waals surface area contributed by atoms with Gasteiger partial charge in [0.2, 0.25) is 5.76 Å². The molecule has 0 radical (unpaired) electrons. The molecule has 0 atom stereocenters. The van der Waals surface area contributed by atoms with Crippen LogP contribution in [0.1, 0.15) is 37.4 Å². The number of methoxy groups -OCH3 is 1. The molecule has 8 nitrogen and oxygen atoms in total. The zero-order valence-corrected chi connectivity index (χ0v) is 14.5. The Balaban J connectivity index is 1.80. The van der Waals surface area contributed by atoms with Crippen LogP contribution in [0.15, 0.2) is 21.3 Å². The number of carbonyl (C=O) groups excluding carboxylic acids is 2. The Morgan fingerprint density at radius 2 is 2.04 bits per heavy atom. The van der Waals surface area contributed by atoms with Gasteiger partial charge in [0.15, 0.2) is 0 Å². The Hall–Kier alpha value is -2.94. The van der Waals surface area contributed by atoms with E-state index < -0.39 is 11.9 Å². The number of rotatable bonds is 4. The van der Waals surface area contributed by atoms with Crippen LogP contribution < -0.4 is 5.56 Å². The van der Waals surface area contributed by atoms with Gasteiger partial charge in [-0.3, -0.25) is 4.79 Å². The Bertz CT molecular complexity index is 1030. The molecule has 0 amide bonds. The minimum atomic E-state index is -0.612. The molecule has 3 aromatic heterocycles. The third kappa shape index (κ3) is 3.18. The number of aryl methyl sites for hydroxylation is 2. The molecule has 25 heavy (non-hydrogen) atoms. The number of hydrogen-bond donors (Lipinski definition) is 1. The van der Waals surface area contributed by atoms with Crippen molar-refractivity contribution in [2.45, 2.75) is 20.5 Å². The lowest BCUT2D eigenvalue weighted by Crippen LogP contribution is -2.09. The summed E-state index contributed by atoms with van der Waals surface area (Å²) in [6.45, 7) is 3.19. The largest absolute Gasteiger partial charge is 0.463 e. The molecule has 3 aromatic rings. The summed E-state index contributed by atoms with van der Waals surface area (Å²) in [6, 6.07) is 2.96. The molecule has 3 rings (SSSR count). The first-order valence-electron chi connectivity index (χ1n) is 7.25. The fourth-order valence-electron chi connectivity index (χ4n) is 2.31. The van der Waals surface area contributed by atoms with E-state index in [9.17, 15) is 14.4 Å². The van der Waals surface area contributed by atoms with Crippen molar-refractivity contribution in [1.29, 1.82) is 0 Å². The van der Waals surface area contributed by atoms with E-state index >= 15 is 0 Å². The average molecular weight is 362 g/mol. The number of fused-ring (bicyclic) bond motifs is 1. The smallest absolute Gasteiger partial charge is 0.373 e. The van der Waals surface area contributed by atoms with E-state index in [0.29, 0.717) is 32.2 Å². The summed E-state index contributed by atoms with van der Waals surface area (Å²) < 4.78 is 15.0. The molecule has 0 unspecified atom stereocenters. The molecule has 3 heterocycles. The summed E-state index contributed by atoms with van der Waals surface area (Å²) in [4.78, 5) is 43.3. The lowest BCUT2D eigenvalue weighted by atomic mass is 10.2. The van der Waals surface area contributed by atoms with Gasteiger partial charge in [0.05, 0.1) is 12.5 Å². The fraction of sp³-hybridized carbons (Fsp3) is 0.250. The van der Waals surface area contributed by atoms with Gasteiger partial charge in [-0.15, -0.1) is 11.3 Å². The summed E-state index contributed by atoms with van der Waals surface area (Å²) in [7, 11) is 1.24. The van der Waals surface area contributed by atoms with E-state index in [2.05, 4.69) is 14.7 Å². The predicted octanol–water partition coefficient (Wildman–Crippen LogP) is 2.34. The van der Waals surface area contributed by atoms with Gasteiger partial charge >= 0.3 is 11.9 Å². The number of aromatic nitrogens is 2. The van der Waals surface area contributed by atoms with Crippen LogP contribution in [0.2, 0.25) is 0 Å². The summed E-state index contributed by atoms with van der Waals surface area (Å²) in [5.74, 6) is -0.395. The molecule has 0 spiro atoms. The number of ether oxygens (including phenoxy) is 2. The molecule has 0 saturated carbocycles. The minimum absolute atomic E-state index is 0.0257. The number of hydrogen-bond acceptors (Lipinski definition) is 8. The van der Waals surface area contributed by atoms with E-state index in [1.807, 2.05) is 0 Å². The van der Waals surface area contributed by atoms with Crippen LogP contribution in [-0.2, 0) is 16.1 Å². The van der Waals surface area contributed by atoms with E-state index in [1.165, 1.54) is 19.2 Å². The molecular formula is C16H14N2O6S. The third-order valence-electron chi connectivity index (χ3n) is 3.50. The zero-order valence-electron chi connectivity index (χ0n) is 13.7. The van der Waals surface area contributed by atoms with Crippen molar-refractivity contribution in [2.24, 2.45) is 0 Å². The number of esters is 2. The van der Waals surface area contributed by atoms with Crippen LogP contribution in [0.4, 0.5) is 0 Å². The monoisotopic (exact) mass is 362 g/mol. The maximum absolute atomic E-state index is 12.3. The number of carbonyl (C=O) groups is 2. The first kappa shape index (κ1) is 16.9. The molecule has 0 fully saturated rings. The molecule has 0 saturated heterocycles. The van der Waals surface area contributed by atoms with E-state index in [4.69, 9.17) is 9.15 Å². The van der Waals surface area contributed by atoms with Crippen molar-refractivity contribution in [3.63, 3.8) is 0 Å². The van der Waals surface area contributed by atoms with E-state index in [0.717, 1.165) is 11.3 Å². The molecule has 0 aliphatic rings. The van der Waals surface area contributed by atoms with Gasteiger partial charge in [-0.2, -0.15) is 0 Å². The predicted molar refractivity (Wildman–Crippen MR) is 88.9 cm³/mol. The van der Waals surface area contributed by atoms with E-state index in [-0.39, 0.29) is 17.9 Å². The van der Waals surface area contributed by atoms with Crippen LogP contribution in [-0.4, -0.2) is 29.0 Å². The second-order valence-electron chi connectivity index (χ2n) is 5.22. The highest BCUT2D eigenvalue weighted by Gasteiger charge is 2.21. The van der Waals surface area contributed by atoms with Crippen molar-refractivity contribution < 1.29 is 23.5 Å². The molecule has 0 aliphatic heterocycles. The van der Waals surface area contributed by atoms with Crippen molar-refractivity contribution in [3.05, 3.63) is 50.3 Å². The molecule has 0 aromatic carbocycles. The van der Waals surface area contributed by atoms with Crippen LogP contribution in [0.3, 0.4) is 0 Å². The van der Waals surface area contributed by atoms with Crippen LogP contribution >= 0.6 is 11.3 Å². The molecule has 130 valence electrons. The molecule has 1 N–H and O–H groups in total. The third-order valence-corrected chi connectivity index (χ3v) is 4.66. The van der Waals surface area contributed by atoms with Gasteiger partial charge in [0, 0.05) is 0 Å². The second-order valence-corrected chi connectivity index (χ2v) is 6.22. The van der Waals surface area contributed by atoms with Crippen molar-refractivity contribution in [2.75, 3.05) is 7.11 Å². The summed E-state index contributed by atoms with van der Waals surface area (Å²) >= 11 is 1.10. The summed E-state index contributed by atoms with van der Waals surface area (Å²) in [5, 5.41) is 0.383. The van der Waals surface area contributed by atoms with Crippen LogP contribution in [0, 0.1) is 13.8 Å². The Morgan fingerprint density at radius 1 is 1.28 bits per heavy atom. The highest BCUT2D eigenvalue weighted by molar-refractivity contribution is 7.20. The summed E-state index contributed by atoms with van der Waals surface area (Å²) in [5.41, 5.74) is 0.234. The topological polar surface area (TPSA) is 111 Å². The average Bonchev–Trinajstić information content (AvgIpc) is 3.16. The van der Waals surface area contributed by atoms with Crippen molar-refractivity contribution in [3.8, 4) is 0 Å². The standard InChI is InChI=1S/C16H14N2O6S/c1-7-11-13(19)17-8(2)18-14(11)25-12(7)16(21)23-6-9-4-5-10(24-9)15(20)22-3/h4-5H,6H2,1-3H3,(H,17,18,19). The first-order chi connectivity index (χ1) is 11.9. The Labute approximate surface area is 145 Å². The SMILES string of the molecule is COC(=O)c1ccc(COC(=O)c2sc3nc(C)[nH]c(=O)c3c2C)o1. The normalized spacial score (nSPS) is 10.8. The molecule has 9 heteroatoms. The number of aromatic amines is 1. The number of nitrogens with one attached hydrogen (secondary N) is 1. The first-order valence-corrected chi connectivity index (χ1v) is 8.06. The highest BCUT2D eigenvalue weighted by Crippen LogP contribution is 2.27. The van der Waals surface area contributed by atoms with E-state index in [1.54, 1.807) is 13.8 Å². The Kier molecular flexibility index (Phi) is 4.41. The number of thiophene rings is 1. The van der Waals surface area contributed by atoms with Gasteiger partial charge in [0.25, 0.3) is 5.56 Å². The van der Waals surface area contributed by atoms with Crippen LogP contribution in [0.5, 0.6) is 0 Å². The second kappa shape index (κ2) is 6.52. The van der Waals surface area contributed by atoms with Gasteiger partial charge in [-0.1, -0.05) is 0 Å². The molecule has 0 bridgehead atoms. The fourth-order valence-corrected chi connectivity index (χ4v) is 3.44. The zero-order chi connectivity index (χ0) is 18.1. The maximum Gasteiger partial charge on any atom is 0.373 e. The van der Waals surface area contributed by atoms with Crippen molar-refractivity contribution >= 4 is 33.5 Å². The Morgan fingerprint density at radius 3 is 2.76 bits per heavy atom. The van der Waals surface area contributed by atoms with Crippen molar-refractivity contribution in [1.82, 2.24) is 9.97 Å². The summed E-state index contributed by atoms with van der Waals surface area (Å²) in [6.07, 6.45) is 0. The van der Waals surface area contributed by atoms with Gasteiger partial charge in [-0.25, -0.2) is 14.6 Å². The molecule has 0 aliphatic carbocycles. The molecular weight excluding hydrogens is 348 g/mol. The van der Waals surface area contributed by atoms with Gasteiger partial charge in [0.1, 0.15) is 27.9 Å². The highest BCUT2D eigenvalue weighted by atomic mass is 32.1. The van der Waals surface area contributed by atoms with Gasteiger partial charge < -0.3 is 18.9 Å². The number of H-pyrrole nitrogens is 1. The maximum atomic E-state index is 12.3.